The van der Waals surface area contributed by atoms with E-state index in [1.54, 1.807) is 0 Å². The van der Waals surface area contributed by atoms with E-state index in [4.69, 9.17) is 11.6 Å². The third-order valence-corrected chi connectivity index (χ3v) is 3.05. The molecule has 2 rings (SSSR count). The van der Waals surface area contributed by atoms with Crippen molar-refractivity contribution in [1.82, 2.24) is 0 Å². The number of nitrogens with zero attached hydrogens (tertiary/aromatic N) is 1. The summed E-state index contributed by atoms with van der Waals surface area (Å²) in [5, 5.41) is 13.7. The number of nitro benzene ring substituents is 1. The van der Waals surface area contributed by atoms with Gasteiger partial charge < -0.3 is 5.32 Å². The van der Waals surface area contributed by atoms with Crippen molar-refractivity contribution in [1.29, 1.82) is 0 Å². The molecule has 0 unspecified atom stereocenters. The zero-order valence-corrected chi connectivity index (χ0v) is 10.8. The Hall–Kier alpha value is -2.21. The molecule has 0 aliphatic heterocycles. The van der Waals surface area contributed by atoms with E-state index in [1.807, 2.05) is 0 Å². The molecule has 2 aromatic carbocycles. The standard InChI is InChI=1S/C13H9ClF2N2O2/c14-9-3-1-6-12(18(19)20)8(9)7-17-11-5-2-4-10(15)13(11)16/h1-6,17H,7H2. The van der Waals surface area contributed by atoms with Crippen molar-refractivity contribution in [3.8, 4) is 0 Å². The first-order valence-electron chi connectivity index (χ1n) is 5.60. The van der Waals surface area contributed by atoms with Crippen LogP contribution in [0.3, 0.4) is 0 Å². The predicted octanol–water partition coefficient (Wildman–Crippen LogP) is 4.14. The molecule has 0 radical (unpaired) electrons. The summed E-state index contributed by atoms with van der Waals surface area (Å²) >= 11 is 5.90. The van der Waals surface area contributed by atoms with Crippen LogP contribution >= 0.6 is 11.6 Å². The Labute approximate surface area is 118 Å². The van der Waals surface area contributed by atoms with Gasteiger partial charge in [-0.1, -0.05) is 23.7 Å². The van der Waals surface area contributed by atoms with Gasteiger partial charge in [0.1, 0.15) is 0 Å². The third-order valence-electron chi connectivity index (χ3n) is 2.70. The molecule has 0 amide bonds. The second kappa shape index (κ2) is 5.83. The first-order valence-corrected chi connectivity index (χ1v) is 5.98. The van der Waals surface area contributed by atoms with E-state index >= 15 is 0 Å². The van der Waals surface area contributed by atoms with Crippen LogP contribution in [0.5, 0.6) is 0 Å². The maximum Gasteiger partial charge on any atom is 0.275 e. The van der Waals surface area contributed by atoms with Crippen molar-refractivity contribution in [3.63, 3.8) is 0 Å². The molecule has 0 saturated carbocycles. The average Bonchev–Trinajstić information content (AvgIpc) is 2.41. The normalized spacial score (nSPS) is 10.3. The van der Waals surface area contributed by atoms with Crippen molar-refractivity contribution in [3.05, 3.63) is 68.7 Å². The molecule has 0 heterocycles. The monoisotopic (exact) mass is 298 g/mol. The molecular formula is C13H9ClF2N2O2. The molecule has 7 heteroatoms. The highest BCUT2D eigenvalue weighted by Gasteiger charge is 2.17. The second-order valence-corrected chi connectivity index (χ2v) is 4.36. The van der Waals surface area contributed by atoms with Crippen LogP contribution in [0.1, 0.15) is 5.56 Å². The van der Waals surface area contributed by atoms with E-state index in [0.29, 0.717) is 0 Å². The summed E-state index contributed by atoms with van der Waals surface area (Å²) in [6, 6.07) is 7.90. The van der Waals surface area contributed by atoms with Crippen LogP contribution in [0.15, 0.2) is 36.4 Å². The zero-order valence-electron chi connectivity index (χ0n) is 10.1. The lowest BCUT2D eigenvalue weighted by molar-refractivity contribution is -0.385. The van der Waals surface area contributed by atoms with Gasteiger partial charge in [-0.25, -0.2) is 8.78 Å². The largest absolute Gasteiger partial charge is 0.378 e. The van der Waals surface area contributed by atoms with Crippen LogP contribution in [0.4, 0.5) is 20.2 Å². The summed E-state index contributed by atoms with van der Waals surface area (Å²) in [6.45, 7) is -0.0869. The molecule has 0 aromatic heterocycles. The van der Waals surface area contributed by atoms with Crippen LogP contribution in [-0.4, -0.2) is 4.92 Å². The quantitative estimate of drug-likeness (QED) is 0.682. The second-order valence-electron chi connectivity index (χ2n) is 3.95. The van der Waals surface area contributed by atoms with E-state index in [0.717, 1.165) is 6.07 Å². The van der Waals surface area contributed by atoms with Crippen molar-refractivity contribution in [2.45, 2.75) is 6.54 Å². The van der Waals surface area contributed by atoms with Gasteiger partial charge in [-0.3, -0.25) is 10.1 Å². The first kappa shape index (κ1) is 14.2. The third kappa shape index (κ3) is 2.85. The minimum absolute atomic E-state index is 0.0841. The molecule has 0 atom stereocenters. The van der Waals surface area contributed by atoms with E-state index in [2.05, 4.69) is 5.32 Å². The van der Waals surface area contributed by atoms with Crippen LogP contribution in [0.25, 0.3) is 0 Å². The van der Waals surface area contributed by atoms with E-state index in [1.165, 1.54) is 30.3 Å². The lowest BCUT2D eigenvalue weighted by Crippen LogP contribution is -2.05. The summed E-state index contributed by atoms with van der Waals surface area (Å²) < 4.78 is 26.5. The summed E-state index contributed by atoms with van der Waals surface area (Å²) in [4.78, 5) is 10.3. The molecule has 104 valence electrons. The predicted molar refractivity (Wildman–Crippen MR) is 71.8 cm³/mol. The van der Waals surface area contributed by atoms with Crippen molar-refractivity contribution >= 4 is 23.0 Å². The molecule has 0 aliphatic rings. The number of anilines is 1. The lowest BCUT2D eigenvalue weighted by atomic mass is 10.1. The molecular weight excluding hydrogens is 290 g/mol. The number of nitrogens with one attached hydrogen (secondary N) is 1. The SMILES string of the molecule is O=[N+]([O-])c1cccc(Cl)c1CNc1cccc(F)c1F. The van der Waals surface area contributed by atoms with Crippen LogP contribution in [0, 0.1) is 21.7 Å². The van der Waals surface area contributed by atoms with Crippen LogP contribution in [0.2, 0.25) is 5.02 Å². The van der Waals surface area contributed by atoms with Gasteiger partial charge in [0.05, 0.1) is 21.2 Å². The van der Waals surface area contributed by atoms with Crippen molar-refractivity contribution < 1.29 is 13.7 Å². The van der Waals surface area contributed by atoms with E-state index in [9.17, 15) is 18.9 Å². The van der Waals surface area contributed by atoms with E-state index < -0.39 is 16.6 Å². The average molecular weight is 299 g/mol. The Kier molecular flexibility index (Phi) is 4.14. The van der Waals surface area contributed by atoms with Gasteiger partial charge in [-0.2, -0.15) is 0 Å². The highest BCUT2D eigenvalue weighted by atomic mass is 35.5. The molecule has 0 spiro atoms. The smallest absolute Gasteiger partial charge is 0.275 e. The molecule has 0 saturated heterocycles. The molecule has 4 nitrogen and oxygen atoms in total. The molecule has 1 N–H and O–H groups in total. The zero-order chi connectivity index (χ0) is 14.7. The van der Waals surface area contributed by atoms with Gasteiger partial charge >= 0.3 is 0 Å². The number of rotatable bonds is 4. The Bertz CT molecular complexity index is 665. The van der Waals surface area contributed by atoms with Gasteiger partial charge in [-0.15, -0.1) is 0 Å². The van der Waals surface area contributed by atoms with E-state index in [-0.39, 0.29) is 28.5 Å². The summed E-state index contributed by atoms with van der Waals surface area (Å²) in [5.41, 5.74) is -0.0520. The Morgan fingerprint density at radius 1 is 1.20 bits per heavy atom. The first-order chi connectivity index (χ1) is 9.50. The number of halogens is 3. The van der Waals surface area contributed by atoms with Gasteiger partial charge in [-0.05, 0) is 18.2 Å². The minimum Gasteiger partial charge on any atom is -0.378 e. The number of hydrogen-bond donors (Lipinski definition) is 1. The topological polar surface area (TPSA) is 55.2 Å². The minimum atomic E-state index is -1.04. The highest BCUT2D eigenvalue weighted by molar-refractivity contribution is 6.31. The molecule has 0 bridgehead atoms. The van der Waals surface area contributed by atoms with Gasteiger partial charge in [0.15, 0.2) is 11.6 Å². The maximum atomic E-state index is 13.5. The Balaban J connectivity index is 2.27. The lowest BCUT2D eigenvalue weighted by Gasteiger charge is -2.09. The fourth-order valence-electron chi connectivity index (χ4n) is 1.72. The summed E-state index contributed by atoms with van der Waals surface area (Å²) in [5.74, 6) is -2.04. The van der Waals surface area contributed by atoms with Gasteiger partial charge in [0.25, 0.3) is 5.69 Å². The van der Waals surface area contributed by atoms with Gasteiger partial charge in [0.2, 0.25) is 0 Å². The number of hydrogen-bond acceptors (Lipinski definition) is 3. The summed E-state index contributed by atoms with van der Waals surface area (Å²) in [7, 11) is 0. The Morgan fingerprint density at radius 2 is 1.90 bits per heavy atom. The van der Waals surface area contributed by atoms with Crippen molar-refractivity contribution in [2.24, 2.45) is 0 Å². The van der Waals surface area contributed by atoms with Crippen LogP contribution in [-0.2, 0) is 6.54 Å². The molecule has 2 aromatic rings. The fraction of sp³-hybridized carbons (Fsp3) is 0.0769. The summed E-state index contributed by atoms with van der Waals surface area (Å²) in [6.07, 6.45) is 0. The van der Waals surface area contributed by atoms with Gasteiger partial charge in [0, 0.05) is 12.6 Å². The highest BCUT2D eigenvalue weighted by Crippen LogP contribution is 2.27. The Morgan fingerprint density at radius 3 is 2.60 bits per heavy atom. The molecule has 0 fully saturated rings. The maximum absolute atomic E-state index is 13.5. The number of nitro groups is 1. The van der Waals surface area contributed by atoms with Crippen molar-refractivity contribution in [2.75, 3.05) is 5.32 Å². The number of benzene rings is 2. The molecule has 20 heavy (non-hydrogen) atoms. The fourth-order valence-corrected chi connectivity index (χ4v) is 1.95. The van der Waals surface area contributed by atoms with Crippen LogP contribution < -0.4 is 5.32 Å². The molecule has 0 aliphatic carbocycles.